The molecule has 0 unspecified atom stereocenters. The van der Waals surface area contributed by atoms with E-state index >= 15 is 0 Å². The van der Waals surface area contributed by atoms with Gasteiger partial charge in [-0.2, -0.15) is 0 Å². The molecule has 0 atom stereocenters. The molecule has 0 aromatic carbocycles. The molecule has 1 fully saturated rings. The van der Waals surface area contributed by atoms with Gasteiger partial charge in [0.1, 0.15) is 0 Å². The van der Waals surface area contributed by atoms with Crippen LogP contribution in [0.4, 0.5) is 0 Å². The minimum atomic E-state index is -0.590. The Hall–Kier alpha value is 0.217. The SMILES string of the molecule is C.C.C[Si]1(C)CCCCC1. The molecule has 0 radical (unpaired) electrons. The first kappa shape index (κ1) is 12.9. The zero-order valence-electron chi connectivity index (χ0n) is 6.04. The highest BCUT2D eigenvalue weighted by Gasteiger charge is 2.22. The van der Waals surface area contributed by atoms with Gasteiger partial charge in [0.15, 0.2) is 0 Å². The fourth-order valence-corrected chi connectivity index (χ4v) is 4.17. The van der Waals surface area contributed by atoms with Gasteiger partial charge in [-0.1, -0.05) is 59.3 Å². The average Bonchev–Trinajstić information content (AvgIpc) is 1.65. The largest absolute Gasteiger partial charge is 0.0776 e. The van der Waals surface area contributed by atoms with Gasteiger partial charge in [-0.15, -0.1) is 0 Å². The Morgan fingerprint density at radius 1 is 0.800 bits per heavy atom. The van der Waals surface area contributed by atoms with Crippen LogP contribution < -0.4 is 0 Å². The molecule has 1 saturated heterocycles. The van der Waals surface area contributed by atoms with Gasteiger partial charge in [-0.25, -0.2) is 0 Å². The molecule has 0 nitrogen and oxygen atoms in total. The molecule has 0 aromatic rings. The molecule has 0 saturated carbocycles. The van der Waals surface area contributed by atoms with Crippen molar-refractivity contribution in [1.82, 2.24) is 0 Å². The molecule has 0 spiro atoms. The maximum Gasteiger partial charge on any atom is 0.0473 e. The third kappa shape index (κ3) is 4.10. The van der Waals surface area contributed by atoms with Crippen molar-refractivity contribution in [3.8, 4) is 0 Å². The van der Waals surface area contributed by atoms with Gasteiger partial charge in [-0.3, -0.25) is 0 Å². The van der Waals surface area contributed by atoms with Crippen LogP contribution in [-0.2, 0) is 0 Å². The van der Waals surface area contributed by atoms with Gasteiger partial charge in [0, 0.05) is 8.07 Å². The summed E-state index contributed by atoms with van der Waals surface area (Å²) in [5.74, 6) is 0. The molecule has 0 aromatic heterocycles. The molecule has 1 aliphatic heterocycles. The Balaban J connectivity index is 0. The van der Waals surface area contributed by atoms with Crippen molar-refractivity contribution < 1.29 is 0 Å². The van der Waals surface area contributed by atoms with Gasteiger partial charge in [0.2, 0.25) is 0 Å². The van der Waals surface area contributed by atoms with Crippen LogP contribution in [0.5, 0.6) is 0 Å². The van der Waals surface area contributed by atoms with Crippen molar-refractivity contribution in [2.45, 2.75) is 59.3 Å². The quantitative estimate of drug-likeness (QED) is 0.467. The van der Waals surface area contributed by atoms with Crippen LogP contribution in [0.3, 0.4) is 0 Å². The van der Waals surface area contributed by atoms with Gasteiger partial charge in [0.05, 0.1) is 0 Å². The molecule has 0 N–H and O–H groups in total. The van der Waals surface area contributed by atoms with Crippen LogP contribution in [0.15, 0.2) is 0 Å². The lowest BCUT2D eigenvalue weighted by molar-refractivity contribution is 0.713. The average molecular weight is 160 g/mol. The first-order valence-electron chi connectivity index (χ1n) is 3.71. The van der Waals surface area contributed by atoms with Crippen molar-refractivity contribution in [1.29, 1.82) is 0 Å². The topological polar surface area (TPSA) is 0 Å². The second-order valence-electron chi connectivity index (χ2n) is 3.72. The van der Waals surface area contributed by atoms with E-state index in [4.69, 9.17) is 0 Å². The predicted molar refractivity (Wildman–Crippen MR) is 54.4 cm³/mol. The second kappa shape index (κ2) is 4.95. The monoisotopic (exact) mass is 160 g/mol. The third-order valence-electron chi connectivity index (χ3n) is 2.21. The molecule has 1 aliphatic rings. The van der Waals surface area contributed by atoms with Crippen molar-refractivity contribution in [2.24, 2.45) is 0 Å². The third-order valence-corrected chi connectivity index (χ3v) is 5.62. The van der Waals surface area contributed by atoms with E-state index in [0.29, 0.717) is 0 Å². The lowest BCUT2D eigenvalue weighted by atomic mass is 10.3. The predicted octanol–water partition coefficient (Wildman–Crippen LogP) is 4.15. The molecule has 0 aliphatic carbocycles. The summed E-state index contributed by atoms with van der Waals surface area (Å²) in [4.78, 5) is 0. The molecule has 64 valence electrons. The molecule has 1 heterocycles. The first-order chi connectivity index (χ1) is 3.71. The minimum Gasteiger partial charge on any atom is -0.0776 e. The van der Waals surface area contributed by atoms with Crippen molar-refractivity contribution in [3.05, 3.63) is 0 Å². The fraction of sp³-hybridized carbons (Fsp3) is 1.00. The fourth-order valence-electron chi connectivity index (χ4n) is 1.51. The summed E-state index contributed by atoms with van der Waals surface area (Å²) in [6.07, 6.45) is 4.56. The van der Waals surface area contributed by atoms with Crippen LogP contribution in [0.1, 0.15) is 34.1 Å². The Labute approximate surface area is 68.0 Å². The van der Waals surface area contributed by atoms with Crippen LogP contribution in [0.2, 0.25) is 25.2 Å². The lowest BCUT2D eigenvalue weighted by Gasteiger charge is -2.26. The van der Waals surface area contributed by atoms with Gasteiger partial charge in [-0.05, 0) is 0 Å². The smallest absolute Gasteiger partial charge is 0.0473 e. The van der Waals surface area contributed by atoms with Crippen molar-refractivity contribution >= 4 is 8.07 Å². The molecule has 10 heavy (non-hydrogen) atoms. The van der Waals surface area contributed by atoms with Crippen LogP contribution in [0, 0.1) is 0 Å². The van der Waals surface area contributed by atoms with E-state index in [-0.39, 0.29) is 14.9 Å². The zero-order chi connectivity index (χ0) is 6.04. The molecular formula is C9H24Si. The highest BCUT2D eigenvalue weighted by Crippen LogP contribution is 2.27. The Kier molecular flexibility index (Phi) is 6.36. The normalized spacial score (nSPS) is 22.2. The summed E-state index contributed by atoms with van der Waals surface area (Å²) in [7, 11) is -0.590. The Morgan fingerprint density at radius 3 is 1.40 bits per heavy atom. The highest BCUT2D eigenvalue weighted by molar-refractivity contribution is 6.77. The van der Waals surface area contributed by atoms with E-state index in [1.165, 1.54) is 19.3 Å². The lowest BCUT2D eigenvalue weighted by Crippen LogP contribution is -2.27. The van der Waals surface area contributed by atoms with E-state index in [2.05, 4.69) is 13.1 Å². The number of rotatable bonds is 0. The zero-order valence-corrected chi connectivity index (χ0v) is 7.04. The molecule has 0 amide bonds. The van der Waals surface area contributed by atoms with E-state index in [1.54, 1.807) is 12.1 Å². The second-order valence-corrected chi connectivity index (χ2v) is 9.05. The Morgan fingerprint density at radius 2 is 1.20 bits per heavy atom. The van der Waals surface area contributed by atoms with Crippen molar-refractivity contribution in [3.63, 3.8) is 0 Å². The van der Waals surface area contributed by atoms with Crippen LogP contribution in [-0.4, -0.2) is 8.07 Å². The molecule has 0 bridgehead atoms. The maximum absolute atomic E-state index is 2.52. The molecule has 1 heteroatoms. The van der Waals surface area contributed by atoms with E-state index in [0.717, 1.165) is 0 Å². The standard InChI is InChI=1S/C7H16Si.2CH4/c1-8(2)6-4-3-5-7-8;;/h3-7H2,1-2H3;2*1H4. The Bertz CT molecular complexity index is 68.8. The van der Waals surface area contributed by atoms with Gasteiger partial charge < -0.3 is 0 Å². The summed E-state index contributed by atoms with van der Waals surface area (Å²) in [6.45, 7) is 5.04. The number of hydrogen-bond donors (Lipinski definition) is 0. The van der Waals surface area contributed by atoms with E-state index in [9.17, 15) is 0 Å². The number of hydrogen-bond acceptors (Lipinski definition) is 0. The molecule has 1 rings (SSSR count). The van der Waals surface area contributed by atoms with E-state index < -0.39 is 8.07 Å². The van der Waals surface area contributed by atoms with Gasteiger partial charge in [0.25, 0.3) is 0 Å². The minimum absolute atomic E-state index is 0. The summed E-state index contributed by atoms with van der Waals surface area (Å²) >= 11 is 0. The van der Waals surface area contributed by atoms with E-state index in [1.807, 2.05) is 0 Å². The maximum atomic E-state index is 2.52. The summed E-state index contributed by atoms with van der Waals surface area (Å²) in [6, 6.07) is 3.18. The highest BCUT2D eigenvalue weighted by atomic mass is 28.3. The van der Waals surface area contributed by atoms with Gasteiger partial charge >= 0.3 is 0 Å². The summed E-state index contributed by atoms with van der Waals surface area (Å²) < 4.78 is 0. The molecular weight excluding hydrogens is 136 g/mol. The van der Waals surface area contributed by atoms with Crippen LogP contribution in [0.25, 0.3) is 0 Å². The van der Waals surface area contributed by atoms with Crippen LogP contribution >= 0.6 is 0 Å². The van der Waals surface area contributed by atoms with Crippen molar-refractivity contribution in [2.75, 3.05) is 0 Å². The summed E-state index contributed by atoms with van der Waals surface area (Å²) in [5.41, 5.74) is 0. The summed E-state index contributed by atoms with van der Waals surface area (Å²) in [5, 5.41) is 0. The first-order valence-corrected chi connectivity index (χ1v) is 7.12.